The molecule has 1 rings (SSSR count). The fourth-order valence-corrected chi connectivity index (χ4v) is 1.03. The van der Waals surface area contributed by atoms with Gasteiger partial charge in [0.15, 0.2) is 11.6 Å². The van der Waals surface area contributed by atoms with Crippen LogP contribution in [0.5, 0.6) is 0 Å². The average molecular weight is 232 g/mol. The molecule has 88 valence electrons. The summed E-state index contributed by atoms with van der Waals surface area (Å²) in [7, 11) is 0. The number of rotatable bonds is 3. The highest BCUT2D eigenvalue weighted by Gasteiger charge is 2.15. The molecule has 0 bridgehead atoms. The Morgan fingerprint density at radius 1 is 1.31 bits per heavy atom. The summed E-state index contributed by atoms with van der Waals surface area (Å²) in [6.07, 6.45) is 0.358. The summed E-state index contributed by atoms with van der Waals surface area (Å²) < 4.78 is 38.4. The van der Waals surface area contributed by atoms with Gasteiger partial charge in [0.25, 0.3) is 0 Å². The fourth-order valence-electron chi connectivity index (χ4n) is 1.03. The molecule has 0 saturated carbocycles. The van der Waals surface area contributed by atoms with E-state index >= 15 is 0 Å². The number of amides is 1. The van der Waals surface area contributed by atoms with Gasteiger partial charge >= 0.3 is 0 Å². The molecule has 0 radical (unpaired) electrons. The molecule has 1 aromatic carbocycles. The fraction of sp³-hybridized carbons (Fsp3) is 0.300. The van der Waals surface area contributed by atoms with Gasteiger partial charge in [-0.1, -0.05) is 6.92 Å². The van der Waals surface area contributed by atoms with Crippen molar-refractivity contribution in [3.63, 3.8) is 0 Å². The first kappa shape index (κ1) is 12.5. The first-order valence-corrected chi connectivity index (χ1v) is 4.66. The maximum atomic E-state index is 13.1. The van der Waals surface area contributed by atoms with Gasteiger partial charge < -0.3 is 11.1 Å². The predicted octanol–water partition coefficient (Wildman–Crippen LogP) is 1.78. The number of anilines is 1. The number of nitrogens with one attached hydrogen (secondary N) is 1. The molecule has 0 unspecified atom stereocenters. The van der Waals surface area contributed by atoms with E-state index in [1.54, 1.807) is 6.92 Å². The summed E-state index contributed by atoms with van der Waals surface area (Å²) in [6, 6.07) is 0.125. The van der Waals surface area contributed by atoms with Gasteiger partial charge in [-0.05, 0) is 6.42 Å². The molecule has 0 aliphatic carbocycles. The molecule has 1 atom stereocenters. The zero-order valence-corrected chi connectivity index (χ0v) is 8.56. The lowest BCUT2D eigenvalue weighted by molar-refractivity contribution is -0.117. The third-order valence-electron chi connectivity index (χ3n) is 2.04. The number of halogens is 3. The van der Waals surface area contributed by atoms with E-state index in [0.717, 1.165) is 0 Å². The van der Waals surface area contributed by atoms with Crippen molar-refractivity contribution in [2.24, 2.45) is 5.73 Å². The molecule has 0 heterocycles. The summed E-state index contributed by atoms with van der Waals surface area (Å²) in [5.41, 5.74) is 4.96. The quantitative estimate of drug-likeness (QED) is 0.780. The second-order valence-electron chi connectivity index (χ2n) is 3.25. The Labute approximate surface area is 90.4 Å². The van der Waals surface area contributed by atoms with E-state index in [1.165, 1.54) is 0 Å². The van der Waals surface area contributed by atoms with Crippen LogP contribution in [-0.2, 0) is 4.79 Å². The molecule has 0 fully saturated rings. The topological polar surface area (TPSA) is 55.1 Å². The Morgan fingerprint density at radius 3 is 2.44 bits per heavy atom. The van der Waals surface area contributed by atoms with Crippen molar-refractivity contribution < 1.29 is 18.0 Å². The van der Waals surface area contributed by atoms with Crippen LogP contribution in [0.25, 0.3) is 0 Å². The molecule has 0 aromatic heterocycles. The van der Waals surface area contributed by atoms with E-state index in [9.17, 15) is 18.0 Å². The van der Waals surface area contributed by atoms with Crippen LogP contribution in [-0.4, -0.2) is 11.9 Å². The molecule has 1 amide bonds. The highest BCUT2D eigenvalue weighted by atomic mass is 19.2. The highest BCUT2D eigenvalue weighted by Crippen LogP contribution is 2.18. The van der Waals surface area contributed by atoms with E-state index in [0.29, 0.717) is 18.6 Å². The zero-order valence-electron chi connectivity index (χ0n) is 8.56. The first-order valence-electron chi connectivity index (χ1n) is 4.66. The standard InChI is InChI=1S/C10H11F3N2O/c1-2-8(14)10(16)15-9-4-6(12)5(11)3-7(9)13/h3-4,8H,2,14H2,1H3,(H,15,16)/t8-/m1/s1. The SMILES string of the molecule is CC[C@@H](N)C(=O)Nc1cc(F)c(F)cc1F. The summed E-state index contributed by atoms with van der Waals surface area (Å²) >= 11 is 0. The second kappa shape index (κ2) is 4.98. The van der Waals surface area contributed by atoms with Crippen LogP contribution in [0.2, 0.25) is 0 Å². The van der Waals surface area contributed by atoms with Crippen LogP contribution in [0.3, 0.4) is 0 Å². The van der Waals surface area contributed by atoms with Crippen LogP contribution < -0.4 is 11.1 Å². The third-order valence-corrected chi connectivity index (χ3v) is 2.04. The second-order valence-corrected chi connectivity index (χ2v) is 3.25. The third kappa shape index (κ3) is 2.73. The van der Waals surface area contributed by atoms with Gasteiger partial charge in [-0.2, -0.15) is 0 Å². The van der Waals surface area contributed by atoms with Crippen LogP contribution in [0.4, 0.5) is 18.9 Å². The summed E-state index contributed by atoms with van der Waals surface area (Å²) in [4.78, 5) is 11.3. The van der Waals surface area contributed by atoms with Gasteiger partial charge in [0.2, 0.25) is 5.91 Å². The molecular formula is C10H11F3N2O. The smallest absolute Gasteiger partial charge is 0.241 e. The monoisotopic (exact) mass is 232 g/mol. The number of carbonyl (C=O) groups excluding carboxylic acids is 1. The Morgan fingerprint density at radius 2 is 1.88 bits per heavy atom. The molecule has 0 aliphatic heterocycles. The van der Waals surface area contributed by atoms with Gasteiger partial charge in [0.1, 0.15) is 5.82 Å². The van der Waals surface area contributed by atoms with Gasteiger partial charge in [0, 0.05) is 12.1 Å². The summed E-state index contributed by atoms with van der Waals surface area (Å²) in [5.74, 6) is -4.24. The van der Waals surface area contributed by atoms with E-state index in [1.807, 2.05) is 0 Å². The molecule has 3 N–H and O–H groups in total. The van der Waals surface area contributed by atoms with Gasteiger partial charge in [-0.15, -0.1) is 0 Å². The Kier molecular flexibility index (Phi) is 3.89. The van der Waals surface area contributed by atoms with Crippen molar-refractivity contribution in [2.75, 3.05) is 5.32 Å². The zero-order chi connectivity index (χ0) is 12.3. The summed E-state index contributed by atoms with van der Waals surface area (Å²) in [6.45, 7) is 1.67. The lowest BCUT2D eigenvalue weighted by Crippen LogP contribution is -2.35. The van der Waals surface area contributed by atoms with Crippen LogP contribution in [0.1, 0.15) is 13.3 Å². The lowest BCUT2D eigenvalue weighted by Gasteiger charge is -2.10. The Hall–Kier alpha value is -1.56. The first-order chi connectivity index (χ1) is 7.45. The number of nitrogens with two attached hydrogens (primary N) is 1. The normalized spacial score (nSPS) is 12.3. The number of hydrogen-bond acceptors (Lipinski definition) is 2. The maximum Gasteiger partial charge on any atom is 0.241 e. The highest BCUT2D eigenvalue weighted by molar-refractivity contribution is 5.94. The molecule has 0 aliphatic rings. The van der Waals surface area contributed by atoms with E-state index < -0.39 is 35.1 Å². The van der Waals surface area contributed by atoms with Gasteiger partial charge in [0.05, 0.1) is 11.7 Å². The molecule has 16 heavy (non-hydrogen) atoms. The lowest BCUT2D eigenvalue weighted by atomic mass is 10.2. The van der Waals surface area contributed by atoms with Gasteiger partial charge in [-0.25, -0.2) is 13.2 Å². The van der Waals surface area contributed by atoms with Crippen LogP contribution >= 0.6 is 0 Å². The van der Waals surface area contributed by atoms with Crippen molar-refractivity contribution in [3.8, 4) is 0 Å². The number of hydrogen-bond donors (Lipinski definition) is 2. The minimum absolute atomic E-state index is 0.358. The molecule has 6 heteroatoms. The number of carbonyl (C=O) groups is 1. The van der Waals surface area contributed by atoms with Crippen molar-refractivity contribution in [1.29, 1.82) is 0 Å². The van der Waals surface area contributed by atoms with Crippen molar-refractivity contribution in [3.05, 3.63) is 29.6 Å². The van der Waals surface area contributed by atoms with E-state index in [2.05, 4.69) is 5.32 Å². The van der Waals surface area contributed by atoms with Crippen molar-refractivity contribution >= 4 is 11.6 Å². The number of benzene rings is 1. The molecule has 0 spiro atoms. The molecule has 1 aromatic rings. The predicted molar refractivity (Wildman–Crippen MR) is 53.2 cm³/mol. The largest absolute Gasteiger partial charge is 0.322 e. The van der Waals surface area contributed by atoms with E-state index in [4.69, 9.17) is 5.73 Å². The molecule has 0 saturated heterocycles. The van der Waals surface area contributed by atoms with Crippen molar-refractivity contribution in [2.45, 2.75) is 19.4 Å². The van der Waals surface area contributed by atoms with Gasteiger partial charge in [-0.3, -0.25) is 4.79 Å². The van der Waals surface area contributed by atoms with Crippen molar-refractivity contribution in [1.82, 2.24) is 0 Å². The molecular weight excluding hydrogens is 221 g/mol. The Balaban J connectivity index is 2.90. The van der Waals surface area contributed by atoms with Crippen LogP contribution in [0.15, 0.2) is 12.1 Å². The summed E-state index contributed by atoms with van der Waals surface area (Å²) in [5, 5.41) is 2.08. The maximum absolute atomic E-state index is 13.1. The Bertz CT molecular complexity index is 409. The van der Waals surface area contributed by atoms with Crippen LogP contribution in [0, 0.1) is 17.5 Å². The minimum atomic E-state index is -1.31. The molecule has 3 nitrogen and oxygen atoms in total. The van der Waals surface area contributed by atoms with E-state index in [-0.39, 0.29) is 0 Å². The average Bonchev–Trinajstić information content (AvgIpc) is 2.24. The minimum Gasteiger partial charge on any atom is -0.322 e.